The number of nitrogens with one attached hydrogen (secondary N) is 1. The molecule has 2 atom stereocenters. The van der Waals surface area contributed by atoms with Gasteiger partial charge in [0.05, 0.1) is 12.1 Å². The van der Waals surface area contributed by atoms with Crippen LogP contribution in [0.4, 0.5) is 0 Å². The highest BCUT2D eigenvalue weighted by molar-refractivity contribution is 4.94. The first-order valence-electron chi connectivity index (χ1n) is 7.65. The Morgan fingerprint density at radius 1 is 1.45 bits per heavy atom. The van der Waals surface area contributed by atoms with Crippen LogP contribution in [-0.4, -0.2) is 34.0 Å². The standard InChI is InChI=1S/C14H27N5O/c1-3-19-13(16-10-17-19)9-12(18-15)14(20-2)11-7-5-4-6-8-11/h10-12,14,18H,3-9,15H2,1-2H3. The van der Waals surface area contributed by atoms with Gasteiger partial charge >= 0.3 is 0 Å². The largest absolute Gasteiger partial charge is 0.379 e. The maximum absolute atomic E-state index is 5.78. The van der Waals surface area contributed by atoms with Gasteiger partial charge in [-0.25, -0.2) is 4.98 Å². The SMILES string of the molecule is CCn1ncnc1CC(NN)C(OC)C1CCCCC1. The van der Waals surface area contributed by atoms with Crippen LogP contribution in [0.1, 0.15) is 44.9 Å². The molecule has 1 aliphatic rings. The predicted octanol–water partition coefficient (Wildman–Crippen LogP) is 1.27. The highest BCUT2D eigenvalue weighted by Crippen LogP contribution is 2.29. The minimum Gasteiger partial charge on any atom is -0.379 e. The third-order valence-corrected chi connectivity index (χ3v) is 4.40. The number of aryl methyl sites for hydroxylation is 1. The average molecular weight is 281 g/mol. The van der Waals surface area contributed by atoms with Crippen LogP contribution in [0.25, 0.3) is 0 Å². The second-order valence-electron chi connectivity index (χ2n) is 5.57. The van der Waals surface area contributed by atoms with E-state index >= 15 is 0 Å². The van der Waals surface area contributed by atoms with Gasteiger partial charge in [-0.3, -0.25) is 16.0 Å². The number of methoxy groups -OCH3 is 1. The third-order valence-electron chi connectivity index (χ3n) is 4.40. The van der Waals surface area contributed by atoms with Crippen LogP contribution in [0.3, 0.4) is 0 Å². The molecular weight excluding hydrogens is 254 g/mol. The van der Waals surface area contributed by atoms with Gasteiger partial charge in [0.15, 0.2) is 0 Å². The molecule has 0 radical (unpaired) electrons. The van der Waals surface area contributed by atoms with Gasteiger partial charge in [0, 0.05) is 20.1 Å². The number of hydrogen-bond donors (Lipinski definition) is 2. The van der Waals surface area contributed by atoms with Crippen molar-refractivity contribution in [3.05, 3.63) is 12.2 Å². The lowest BCUT2D eigenvalue weighted by Crippen LogP contribution is -2.50. The molecule has 3 N–H and O–H groups in total. The van der Waals surface area contributed by atoms with Crippen LogP contribution in [0.15, 0.2) is 6.33 Å². The summed E-state index contributed by atoms with van der Waals surface area (Å²) in [6.07, 6.45) is 8.91. The molecule has 1 fully saturated rings. The summed E-state index contributed by atoms with van der Waals surface area (Å²) in [5.74, 6) is 7.33. The Morgan fingerprint density at radius 3 is 2.80 bits per heavy atom. The van der Waals surface area contributed by atoms with Gasteiger partial charge in [-0.05, 0) is 25.7 Å². The minimum atomic E-state index is 0.0811. The molecule has 2 unspecified atom stereocenters. The summed E-state index contributed by atoms with van der Waals surface area (Å²) in [5.41, 5.74) is 2.93. The van der Waals surface area contributed by atoms with E-state index < -0.39 is 0 Å². The van der Waals surface area contributed by atoms with E-state index in [1.165, 1.54) is 32.1 Å². The van der Waals surface area contributed by atoms with E-state index in [1.807, 2.05) is 4.68 Å². The van der Waals surface area contributed by atoms with Crippen LogP contribution in [0.2, 0.25) is 0 Å². The highest BCUT2D eigenvalue weighted by Gasteiger charge is 2.31. The van der Waals surface area contributed by atoms with Crippen molar-refractivity contribution in [1.82, 2.24) is 20.2 Å². The first-order valence-corrected chi connectivity index (χ1v) is 7.65. The Kier molecular flexibility index (Phi) is 5.94. The molecular formula is C14H27N5O. The van der Waals surface area contributed by atoms with Crippen molar-refractivity contribution in [3.63, 3.8) is 0 Å². The molecule has 0 aliphatic heterocycles. The summed E-state index contributed by atoms with van der Waals surface area (Å²) in [6.45, 7) is 2.89. The lowest BCUT2D eigenvalue weighted by atomic mass is 9.82. The van der Waals surface area contributed by atoms with Crippen LogP contribution in [-0.2, 0) is 17.7 Å². The van der Waals surface area contributed by atoms with Gasteiger partial charge in [-0.1, -0.05) is 19.3 Å². The molecule has 20 heavy (non-hydrogen) atoms. The second-order valence-corrected chi connectivity index (χ2v) is 5.57. The average Bonchev–Trinajstić information content (AvgIpc) is 2.95. The molecule has 2 rings (SSSR count). The molecule has 1 heterocycles. The van der Waals surface area contributed by atoms with E-state index in [0.717, 1.165) is 18.8 Å². The van der Waals surface area contributed by atoms with Gasteiger partial charge in [0.2, 0.25) is 0 Å². The maximum atomic E-state index is 5.78. The second kappa shape index (κ2) is 7.71. The summed E-state index contributed by atoms with van der Waals surface area (Å²) in [6, 6.07) is 0.0811. The molecule has 6 heteroatoms. The molecule has 0 saturated heterocycles. The molecule has 1 aromatic heterocycles. The Bertz CT molecular complexity index is 389. The van der Waals surface area contributed by atoms with Gasteiger partial charge in [0.1, 0.15) is 12.2 Å². The number of aromatic nitrogens is 3. The van der Waals surface area contributed by atoms with Crippen molar-refractivity contribution in [2.75, 3.05) is 7.11 Å². The summed E-state index contributed by atoms with van der Waals surface area (Å²) < 4.78 is 7.68. The number of hydrazine groups is 1. The monoisotopic (exact) mass is 281 g/mol. The van der Waals surface area contributed by atoms with Gasteiger partial charge < -0.3 is 4.74 Å². The van der Waals surface area contributed by atoms with E-state index in [0.29, 0.717) is 5.92 Å². The van der Waals surface area contributed by atoms with E-state index in [4.69, 9.17) is 10.6 Å². The van der Waals surface area contributed by atoms with Crippen molar-refractivity contribution in [2.24, 2.45) is 11.8 Å². The van der Waals surface area contributed by atoms with Crippen molar-refractivity contribution in [2.45, 2.75) is 64.1 Å². The summed E-state index contributed by atoms with van der Waals surface area (Å²) in [5, 5.41) is 4.22. The lowest BCUT2D eigenvalue weighted by Gasteiger charge is -2.34. The lowest BCUT2D eigenvalue weighted by molar-refractivity contribution is 0.00758. The number of rotatable bonds is 7. The zero-order valence-corrected chi connectivity index (χ0v) is 12.6. The molecule has 0 bridgehead atoms. The quantitative estimate of drug-likeness (QED) is 0.581. The Hall–Kier alpha value is -0.980. The summed E-state index contributed by atoms with van der Waals surface area (Å²) in [7, 11) is 1.79. The summed E-state index contributed by atoms with van der Waals surface area (Å²) >= 11 is 0. The number of nitrogens with two attached hydrogens (primary N) is 1. The van der Waals surface area contributed by atoms with Crippen molar-refractivity contribution >= 4 is 0 Å². The van der Waals surface area contributed by atoms with E-state index in [-0.39, 0.29) is 12.1 Å². The molecule has 1 aromatic rings. The fourth-order valence-corrected chi connectivity index (χ4v) is 3.32. The zero-order valence-electron chi connectivity index (χ0n) is 12.6. The Balaban J connectivity index is 2.04. The third kappa shape index (κ3) is 3.56. The van der Waals surface area contributed by atoms with Crippen molar-refractivity contribution in [1.29, 1.82) is 0 Å². The van der Waals surface area contributed by atoms with Gasteiger partial charge in [-0.15, -0.1) is 0 Å². The van der Waals surface area contributed by atoms with E-state index in [2.05, 4.69) is 22.4 Å². The Morgan fingerprint density at radius 2 is 2.20 bits per heavy atom. The fourth-order valence-electron chi connectivity index (χ4n) is 3.32. The van der Waals surface area contributed by atoms with E-state index in [1.54, 1.807) is 13.4 Å². The topological polar surface area (TPSA) is 78.0 Å². The first-order chi connectivity index (χ1) is 9.80. The molecule has 1 saturated carbocycles. The zero-order chi connectivity index (χ0) is 14.4. The van der Waals surface area contributed by atoms with Crippen LogP contribution in [0, 0.1) is 5.92 Å². The number of ether oxygens (including phenoxy) is 1. The predicted molar refractivity (Wildman–Crippen MR) is 77.9 cm³/mol. The van der Waals surface area contributed by atoms with Crippen LogP contribution >= 0.6 is 0 Å². The Labute approximate surface area is 121 Å². The van der Waals surface area contributed by atoms with Gasteiger partial charge in [0.25, 0.3) is 0 Å². The first kappa shape index (κ1) is 15.4. The minimum absolute atomic E-state index is 0.0811. The van der Waals surface area contributed by atoms with Crippen molar-refractivity contribution in [3.8, 4) is 0 Å². The summed E-state index contributed by atoms with van der Waals surface area (Å²) in [4.78, 5) is 4.34. The van der Waals surface area contributed by atoms with Crippen LogP contribution in [0.5, 0.6) is 0 Å². The normalized spacial score (nSPS) is 19.9. The molecule has 0 spiro atoms. The highest BCUT2D eigenvalue weighted by atomic mass is 16.5. The van der Waals surface area contributed by atoms with Crippen LogP contribution < -0.4 is 11.3 Å². The van der Waals surface area contributed by atoms with Gasteiger partial charge in [-0.2, -0.15) is 5.10 Å². The number of nitrogens with zero attached hydrogens (tertiary/aromatic N) is 3. The fraction of sp³-hybridized carbons (Fsp3) is 0.857. The molecule has 0 aromatic carbocycles. The maximum Gasteiger partial charge on any atom is 0.138 e. The number of hydrogen-bond acceptors (Lipinski definition) is 5. The molecule has 114 valence electrons. The van der Waals surface area contributed by atoms with E-state index in [9.17, 15) is 0 Å². The van der Waals surface area contributed by atoms with Crippen molar-refractivity contribution < 1.29 is 4.74 Å². The molecule has 6 nitrogen and oxygen atoms in total. The molecule has 0 amide bonds. The smallest absolute Gasteiger partial charge is 0.138 e. The molecule has 1 aliphatic carbocycles.